The van der Waals surface area contributed by atoms with Crippen molar-refractivity contribution in [3.63, 3.8) is 0 Å². The van der Waals surface area contributed by atoms with Crippen LogP contribution in [0, 0.1) is 0 Å². The predicted molar refractivity (Wildman–Crippen MR) is 93.5 cm³/mol. The minimum Gasteiger partial charge on any atom is -0.495 e. The lowest BCUT2D eigenvalue weighted by atomic mass is 10.2. The number of rotatable bonds is 3. The maximum atomic E-state index is 12.5. The Morgan fingerprint density at radius 2 is 2.23 bits per heavy atom. The number of nitrogens with zero attached hydrogens (tertiary/aromatic N) is 1. The number of carbonyl (C=O) groups excluding carboxylic acids is 1. The highest BCUT2D eigenvalue weighted by molar-refractivity contribution is 7.80. The number of carbonyl (C=O) groups is 1. The number of benzene rings is 1. The molecule has 1 saturated heterocycles. The quantitative estimate of drug-likeness (QED) is 0.677. The third-order valence-corrected chi connectivity index (χ3v) is 4.50. The molecular weight excluding hydrogens is 340 g/mol. The second kappa shape index (κ2) is 6.08. The molecule has 0 spiro atoms. The Labute approximate surface area is 142 Å². The van der Waals surface area contributed by atoms with E-state index in [1.165, 1.54) is 12.0 Å². The average molecular weight is 351 g/mol. The summed E-state index contributed by atoms with van der Waals surface area (Å²) in [6.45, 7) is 0. The summed E-state index contributed by atoms with van der Waals surface area (Å²) in [6.07, 6.45) is 1.78. The van der Waals surface area contributed by atoms with Crippen molar-refractivity contribution in [3.8, 4) is 5.75 Å². The van der Waals surface area contributed by atoms with E-state index in [1.807, 2.05) is 17.5 Å². The summed E-state index contributed by atoms with van der Waals surface area (Å²) in [7, 11) is 1.54. The Hall–Kier alpha value is -1.89. The normalized spacial score (nSPS) is 16.3. The lowest BCUT2D eigenvalue weighted by molar-refractivity contribution is -0.113. The summed E-state index contributed by atoms with van der Waals surface area (Å²) in [6, 6.07) is 8.96. The predicted octanol–water partition coefficient (Wildman–Crippen LogP) is 3.67. The molecule has 22 heavy (non-hydrogen) atoms. The Kier molecular flexibility index (Phi) is 4.15. The number of thiophene rings is 1. The molecule has 0 unspecified atom stereocenters. The van der Waals surface area contributed by atoms with Crippen LogP contribution in [0.2, 0.25) is 5.02 Å². The van der Waals surface area contributed by atoms with Crippen molar-refractivity contribution in [2.75, 3.05) is 12.0 Å². The second-order valence-corrected chi connectivity index (χ2v) is 6.24. The summed E-state index contributed by atoms with van der Waals surface area (Å²) in [5, 5.41) is 5.64. The van der Waals surface area contributed by atoms with Gasteiger partial charge in [0.2, 0.25) is 0 Å². The Bertz CT molecular complexity index is 772. The van der Waals surface area contributed by atoms with Gasteiger partial charge in [0.25, 0.3) is 5.91 Å². The van der Waals surface area contributed by atoms with E-state index in [0.29, 0.717) is 27.3 Å². The lowest BCUT2D eigenvalue weighted by Gasteiger charge is -2.15. The maximum absolute atomic E-state index is 12.5. The first-order valence-corrected chi connectivity index (χ1v) is 8.01. The fraction of sp³-hybridized carbons (Fsp3) is 0.0667. The topological polar surface area (TPSA) is 41.6 Å². The maximum Gasteiger partial charge on any atom is 0.281 e. The number of thiocarbonyl (C=S) groups is 1. The van der Waals surface area contributed by atoms with Gasteiger partial charge in [-0.25, -0.2) is 0 Å². The van der Waals surface area contributed by atoms with E-state index >= 15 is 0 Å². The van der Waals surface area contributed by atoms with Crippen LogP contribution in [0.25, 0.3) is 6.08 Å². The minimum atomic E-state index is -0.209. The average Bonchev–Trinajstić information content (AvgIpc) is 3.08. The first kappa shape index (κ1) is 15.0. The largest absolute Gasteiger partial charge is 0.495 e. The summed E-state index contributed by atoms with van der Waals surface area (Å²) in [5.74, 6) is 0.338. The Morgan fingerprint density at radius 1 is 1.41 bits per heavy atom. The van der Waals surface area contributed by atoms with Gasteiger partial charge in [-0.15, -0.1) is 11.3 Å². The molecule has 0 bridgehead atoms. The molecule has 2 aromatic rings. The molecule has 1 N–H and O–H groups in total. The molecule has 7 heteroatoms. The standard InChI is InChI=1S/C15H11ClN2O2S2/c1-20-13-5-4-9(7-11(13)16)18-14(19)12(17-15(18)21)8-10-3-2-6-22-10/h2-8H,1H3,(H,17,21)/b12-8-. The first-order valence-electron chi connectivity index (χ1n) is 6.34. The molecule has 0 radical (unpaired) electrons. The van der Waals surface area contributed by atoms with Crippen molar-refractivity contribution < 1.29 is 9.53 Å². The fourth-order valence-corrected chi connectivity index (χ4v) is 3.29. The number of hydrogen-bond acceptors (Lipinski definition) is 4. The van der Waals surface area contributed by atoms with Crippen molar-refractivity contribution in [1.29, 1.82) is 0 Å². The zero-order valence-corrected chi connectivity index (χ0v) is 13.9. The van der Waals surface area contributed by atoms with E-state index in [9.17, 15) is 4.79 Å². The van der Waals surface area contributed by atoms with Gasteiger partial charge in [-0.1, -0.05) is 17.7 Å². The number of anilines is 1. The molecule has 1 aliphatic heterocycles. The van der Waals surface area contributed by atoms with Gasteiger partial charge in [-0.2, -0.15) is 0 Å². The molecule has 0 saturated carbocycles. The third kappa shape index (κ3) is 2.72. The number of hydrogen-bond donors (Lipinski definition) is 1. The van der Waals surface area contributed by atoms with E-state index in [-0.39, 0.29) is 5.91 Å². The molecule has 112 valence electrons. The molecule has 4 nitrogen and oxygen atoms in total. The van der Waals surface area contributed by atoms with Crippen LogP contribution in [0.5, 0.6) is 5.75 Å². The fourth-order valence-electron chi connectivity index (χ4n) is 2.08. The zero-order chi connectivity index (χ0) is 15.7. The molecule has 0 atom stereocenters. The monoisotopic (exact) mass is 350 g/mol. The summed E-state index contributed by atoms with van der Waals surface area (Å²) in [4.78, 5) is 14.9. The summed E-state index contributed by atoms with van der Waals surface area (Å²) in [5.41, 5.74) is 1.04. The smallest absolute Gasteiger partial charge is 0.281 e. The Balaban J connectivity index is 1.93. The molecule has 2 heterocycles. The van der Waals surface area contributed by atoms with Gasteiger partial charge in [0.15, 0.2) is 5.11 Å². The van der Waals surface area contributed by atoms with Crippen molar-refractivity contribution >= 4 is 57.9 Å². The van der Waals surface area contributed by atoms with Crippen molar-refractivity contribution in [1.82, 2.24) is 5.32 Å². The van der Waals surface area contributed by atoms with Gasteiger partial charge in [0.1, 0.15) is 11.4 Å². The van der Waals surface area contributed by atoms with Crippen molar-refractivity contribution in [2.45, 2.75) is 0 Å². The van der Waals surface area contributed by atoms with Crippen molar-refractivity contribution in [2.24, 2.45) is 0 Å². The van der Waals surface area contributed by atoms with E-state index in [4.69, 9.17) is 28.6 Å². The second-order valence-electron chi connectivity index (χ2n) is 4.46. The van der Waals surface area contributed by atoms with Gasteiger partial charge < -0.3 is 10.1 Å². The molecule has 1 fully saturated rings. The van der Waals surface area contributed by atoms with Gasteiger partial charge in [-0.05, 0) is 47.9 Å². The molecular formula is C15H11ClN2O2S2. The van der Waals surface area contributed by atoms with Gasteiger partial charge in [0, 0.05) is 4.88 Å². The van der Waals surface area contributed by atoms with Crippen LogP contribution in [-0.2, 0) is 4.79 Å². The van der Waals surface area contributed by atoms with Crippen LogP contribution < -0.4 is 15.0 Å². The van der Waals surface area contributed by atoms with Crippen molar-refractivity contribution in [3.05, 3.63) is 51.3 Å². The van der Waals surface area contributed by atoms with Gasteiger partial charge in [-0.3, -0.25) is 9.69 Å². The zero-order valence-electron chi connectivity index (χ0n) is 11.5. The molecule has 1 aliphatic rings. The number of methoxy groups -OCH3 is 1. The highest BCUT2D eigenvalue weighted by Crippen LogP contribution is 2.31. The van der Waals surface area contributed by atoms with Gasteiger partial charge >= 0.3 is 0 Å². The van der Waals surface area contributed by atoms with Crippen LogP contribution in [0.3, 0.4) is 0 Å². The van der Waals surface area contributed by atoms with Crippen LogP contribution in [0.4, 0.5) is 5.69 Å². The number of nitrogens with one attached hydrogen (secondary N) is 1. The van der Waals surface area contributed by atoms with Crippen LogP contribution in [0.15, 0.2) is 41.4 Å². The molecule has 0 aliphatic carbocycles. The van der Waals surface area contributed by atoms with E-state index in [0.717, 1.165) is 4.88 Å². The minimum absolute atomic E-state index is 0.209. The Morgan fingerprint density at radius 3 is 2.86 bits per heavy atom. The molecule has 1 aromatic carbocycles. The third-order valence-electron chi connectivity index (χ3n) is 3.10. The highest BCUT2D eigenvalue weighted by Gasteiger charge is 2.32. The molecule has 3 rings (SSSR count). The van der Waals surface area contributed by atoms with Crippen LogP contribution in [-0.4, -0.2) is 18.1 Å². The van der Waals surface area contributed by atoms with Gasteiger partial charge in [0.05, 0.1) is 17.8 Å². The molecule has 1 aromatic heterocycles. The lowest BCUT2D eigenvalue weighted by Crippen LogP contribution is -2.30. The number of halogens is 1. The number of amides is 1. The van der Waals surface area contributed by atoms with E-state index in [1.54, 1.807) is 35.6 Å². The van der Waals surface area contributed by atoms with Crippen LogP contribution >= 0.6 is 35.2 Å². The van der Waals surface area contributed by atoms with Crippen LogP contribution in [0.1, 0.15) is 4.88 Å². The summed E-state index contributed by atoms with van der Waals surface area (Å²) < 4.78 is 5.11. The highest BCUT2D eigenvalue weighted by atomic mass is 35.5. The number of ether oxygens (including phenoxy) is 1. The summed E-state index contributed by atoms with van der Waals surface area (Å²) >= 11 is 12.9. The SMILES string of the molecule is COc1ccc(N2C(=O)/C(=C/c3cccs3)NC2=S)cc1Cl. The van der Waals surface area contributed by atoms with E-state index < -0.39 is 0 Å². The first-order chi connectivity index (χ1) is 10.6. The molecule has 1 amide bonds. The van der Waals surface area contributed by atoms with E-state index in [2.05, 4.69) is 5.32 Å².